The van der Waals surface area contributed by atoms with E-state index in [1.807, 2.05) is 6.92 Å². The van der Waals surface area contributed by atoms with Crippen molar-refractivity contribution in [3.63, 3.8) is 0 Å². The predicted octanol–water partition coefficient (Wildman–Crippen LogP) is 0.820. The maximum Gasteiger partial charge on any atom is 0.324 e. The van der Waals surface area contributed by atoms with E-state index in [1.54, 1.807) is 7.11 Å². The van der Waals surface area contributed by atoms with Gasteiger partial charge in [0.2, 0.25) is 5.91 Å². The second kappa shape index (κ2) is 8.49. The molecule has 0 atom stereocenters. The number of hydrogen-bond donors (Lipinski definition) is 1. The van der Waals surface area contributed by atoms with Crippen molar-refractivity contribution in [2.45, 2.75) is 13.3 Å². The lowest BCUT2D eigenvalue weighted by molar-refractivity contribution is -0.119. The highest BCUT2D eigenvalue weighted by molar-refractivity contribution is 6.19. The Kier molecular flexibility index (Phi) is 8.04. The Labute approximate surface area is 94.7 Å². The smallest absolute Gasteiger partial charge is 0.324 e. The maximum atomic E-state index is 11.5. The highest BCUT2D eigenvalue weighted by Gasteiger charge is 2.13. The summed E-state index contributed by atoms with van der Waals surface area (Å²) in [5.74, 6) is -0.144. The molecular weight excluding hydrogens is 220 g/mol. The number of ether oxygens (including phenoxy) is 1. The molecule has 0 saturated heterocycles. The summed E-state index contributed by atoms with van der Waals surface area (Å²) in [7, 11) is 1.56. The van der Waals surface area contributed by atoms with Crippen LogP contribution < -0.4 is 5.32 Å². The topological polar surface area (TPSA) is 58.6 Å². The first-order chi connectivity index (χ1) is 7.15. The van der Waals surface area contributed by atoms with Crippen molar-refractivity contribution in [2.24, 2.45) is 0 Å². The van der Waals surface area contributed by atoms with Gasteiger partial charge in [0.1, 0.15) is 0 Å². The van der Waals surface area contributed by atoms with Gasteiger partial charge in [0.15, 0.2) is 0 Å². The number of amides is 3. The second-order valence-corrected chi connectivity index (χ2v) is 3.24. The summed E-state index contributed by atoms with van der Waals surface area (Å²) in [5, 5.41) is 2.25. The van der Waals surface area contributed by atoms with Crippen LogP contribution in [0, 0.1) is 0 Å². The van der Waals surface area contributed by atoms with Gasteiger partial charge in [-0.15, -0.1) is 11.6 Å². The molecular formula is C9H17ClN2O3. The van der Waals surface area contributed by atoms with Gasteiger partial charge in [0.05, 0.1) is 6.61 Å². The molecule has 3 amide bonds. The number of halogens is 1. The van der Waals surface area contributed by atoms with Gasteiger partial charge in [-0.1, -0.05) is 0 Å². The number of alkyl halides is 1. The molecule has 0 saturated carbocycles. The average molecular weight is 237 g/mol. The molecule has 0 aromatic rings. The third-order valence-electron chi connectivity index (χ3n) is 1.80. The minimum absolute atomic E-state index is 0.148. The number of urea groups is 1. The van der Waals surface area contributed by atoms with Crippen LogP contribution in [0.3, 0.4) is 0 Å². The van der Waals surface area contributed by atoms with Crippen LogP contribution in [-0.2, 0) is 9.53 Å². The van der Waals surface area contributed by atoms with Gasteiger partial charge in [-0.2, -0.15) is 0 Å². The molecule has 1 N–H and O–H groups in total. The molecule has 0 aliphatic carbocycles. The van der Waals surface area contributed by atoms with Crippen molar-refractivity contribution in [1.82, 2.24) is 10.2 Å². The van der Waals surface area contributed by atoms with Crippen LogP contribution in [0.2, 0.25) is 0 Å². The van der Waals surface area contributed by atoms with E-state index in [1.165, 1.54) is 4.90 Å². The van der Waals surface area contributed by atoms with E-state index in [9.17, 15) is 9.59 Å². The lowest BCUT2D eigenvalue weighted by atomic mass is 10.4. The lowest BCUT2D eigenvalue weighted by Crippen LogP contribution is -2.44. The summed E-state index contributed by atoms with van der Waals surface area (Å²) in [4.78, 5) is 24.0. The van der Waals surface area contributed by atoms with Crippen LogP contribution in [-0.4, -0.2) is 49.5 Å². The number of likely N-dealkylation sites (N-methyl/N-ethyl adjacent to an activating group) is 1. The van der Waals surface area contributed by atoms with Gasteiger partial charge in [0.25, 0.3) is 0 Å². The van der Waals surface area contributed by atoms with Gasteiger partial charge in [-0.05, 0) is 6.92 Å². The fourth-order valence-corrected chi connectivity index (χ4v) is 1.12. The van der Waals surface area contributed by atoms with Crippen molar-refractivity contribution >= 4 is 23.5 Å². The average Bonchev–Trinajstić information content (AvgIpc) is 2.19. The molecule has 0 aliphatic rings. The first kappa shape index (κ1) is 14.2. The van der Waals surface area contributed by atoms with Crippen molar-refractivity contribution in [1.29, 1.82) is 0 Å². The molecule has 15 heavy (non-hydrogen) atoms. The predicted molar refractivity (Wildman–Crippen MR) is 58.0 cm³/mol. The molecule has 0 radical (unpaired) electrons. The minimum atomic E-state index is -0.398. The largest absolute Gasteiger partial charge is 0.383 e. The fraction of sp³-hybridized carbons (Fsp3) is 0.778. The maximum absolute atomic E-state index is 11.5. The van der Waals surface area contributed by atoms with Crippen LogP contribution in [0.25, 0.3) is 0 Å². The van der Waals surface area contributed by atoms with E-state index in [4.69, 9.17) is 16.3 Å². The third-order valence-corrected chi connectivity index (χ3v) is 1.99. The number of carbonyl (C=O) groups excluding carboxylic acids is 2. The van der Waals surface area contributed by atoms with Crippen LogP contribution in [0.5, 0.6) is 0 Å². The van der Waals surface area contributed by atoms with Crippen molar-refractivity contribution in [2.75, 3.05) is 32.7 Å². The van der Waals surface area contributed by atoms with E-state index in [2.05, 4.69) is 5.32 Å². The van der Waals surface area contributed by atoms with Gasteiger partial charge in [-0.25, -0.2) is 4.79 Å². The Morgan fingerprint density at radius 2 is 2.13 bits per heavy atom. The first-order valence-electron chi connectivity index (χ1n) is 4.79. The van der Waals surface area contributed by atoms with E-state index >= 15 is 0 Å². The summed E-state index contributed by atoms with van der Waals surface area (Å²) >= 11 is 5.37. The third kappa shape index (κ3) is 6.30. The molecule has 0 spiro atoms. The molecule has 5 nitrogen and oxygen atoms in total. The molecule has 0 aliphatic heterocycles. The number of carbonyl (C=O) groups is 2. The quantitative estimate of drug-likeness (QED) is 0.695. The molecule has 0 aromatic carbocycles. The Morgan fingerprint density at radius 3 is 2.60 bits per heavy atom. The number of methoxy groups -OCH3 is 1. The highest BCUT2D eigenvalue weighted by Crippen LogP contribution is 1.91. The van der Waals surface area contributed by atoms with Crippen molar-refractivity contribution in [3.05, 3.63) is 0 Å². The molecule has 0 unspecified atom stereocenters. The minimum Gasteiger partial charge on any atom is -0.383 e. The van der Waals surface area contributed by atoms with Crippen LogP contribution in [0.15, 0.2) is 0 Å². The van der Waals surface area contributed by atoms with Crippen molar-refractivity contribution < 1.29 is 14.3 Å². The van der Waals surface area contributed by atoms with E-state index in [0.717, 1.165) is 0 Å². The zero-order valence-electron chi connectivity index (χ0n) is 9.09. The zero-order valence-corrected chi connectivity index (χ0v) is 9.84. The monoisotopic (exact) mass is 236 g/mol. The molecule has 0 aromatic heterocycles. The van der Waals surface area contributed by atoms with Crippen LogP contribution in [0.1, 0.15) is 13.3 Å². The summed E-state index contributed by atoms with van der Waals surface area (Å²) in [6, 6.07) is -0.398. The summed E-state index contributed by atoms with van der Waals surface area (Å²) < 4.78 is 4.85. The van der Waals surface area contributed by atoms with E-state index in [0.29, 0.717) is 19.7 Å². The highest BCUT2D eigenvalue weighted by atomic mass is 35.5. The second-order valence-electron chi connectivity index (χ2n) is 2.86. The summed E-state index contributed by atoms with van der Waals surface area (Å²) in [6.07, 6.45) is 0.148. The Bertz CT molecular complexity index is 212. The van der Waals surface area contributed by atoms with Crippen LogP contribution in [0.4, 0.5) is 4.79 Å². The summed E-state index contributed by atoms with van der Waals surface area (Å²) in [6.45, 7) is 3.28. The van der Waals surface area contributed by atoms with E-state index < -0.39 is 6.03 Å². The molecule has 0 rings (SSSR count). The molecule has 0 fully saturated rings. The van der Waals surface area contributed by atoms with Gasteiger partial charge in [-0.3, -0.25) is 10.1 Å². The number of nitrogens with one attached hydrogen (secondary N) is 1. The van der Waals surface area contributed by atoms with Gasteiger partial charge < -0.3 is 9.64 Å². The van der Waals surface area contributed by atoms with Crippen molar-refractivity contribution in [3.8, 4) is 0 Å². The number of nitrogens with zero attached hydrogens (tertiary/aromatic N) is 1. The van der Waals surface area contributed by atoms with Gasteiger partial charge >= 0.3 is 6.03 Å². The standard InChI is InChI=1S/C9H17ClN2O3/c1-3-12(6-7-15-2)9(14)11-8(13)4-5-10/h3-7H2,1-2H3,(H,11,13,14). The normalized spacial score (nSPS) is 9.80. The number of imide groups is 1. The molecule has 0 heterocycles. The molecule has 0 bridgehead atoms. The Morgan fingerprint density at radius 1 is 1.47 bits per heavy atom. The van der Waals surface area contributed by atoms with Crippen LogP contribution >= 0.6 is 11.6 Å². The SMILES string of the molecule is CCN(CCOC)C(=O)NC(=O)CCCl. The number of rotatable bonds is 6. The zero-order chi connectivity index (χ0) is 11.7. The van der Waals surface area contributed by atoms with Gasteiger partial charge in [0, 0.05) is 32.5 Å². The Balaban J connectivity index is 3.97. The molecule has 6 heteroatoms. The number of hydrogen-bond acceptors (Lipinski definition) is 3. The first-order valence-corrected chi connectivity index (χ1v) is 5.32. The molecule has 88 valence electrons. The summed E-state index contributed by atoms with van der Waals surface area (Å²) in [5.41, 5.74) is 0. The van der Waals surface area contributed by atoms with E-state index in [-0.39, 0.29) is 18.2 Å². The fourth-order valence-electron chi connectivity index (χ4n) is 0.951. The Hall–Kier alpha value is -0.810. The lowest BCUT2D eigenvalue weighted by Gasteiger charge is -2.20.